The van der Waals surface area contributed by atoms with Gasteiger partial charge in [-0.2, -0.15) is 18.2 Å². The van der Waals surface area contributed by atoms with E-state index in [-0.39, 0.29) is 11.6 Å². The Kier molecular flexibility index (Phi) is 5.63. The lowest BCUT2D eigenvalue weighted by Crippen LogP contribution is -2.23. The highest BCUT2D eigenvalue weighted by atomic mass is 79.9. The Morgan fingerprint density at radius 2 is 1.72 bits per heavy atom. The molecule has 1 aromatic heterocycles. The Morgan fingerprint density at radius 1 is 0.966 bits per heavy atom. The van der Waals surface area contributed by atoms with Crippen LogP contribution in [-0.4, -0.2) is 16.0 Å². The molecule has 4 nitrogen and oxygen atoms in total. The third-order valence-corrected chi connectivity index (χ3v) is 5.49. The Balaban J connectivity index is 1.68. The number of anilines is 3. The Labute approximate surface area is 175 Å². The number of aromatic nitrogens is 2. The number of halogens is 4. The van der Waals surface area contributed by atoms with Crippen LogP contribution < -0.4 is 10.6 Å². The molecule has 0 saturated heterocycles. The zero-order valence-corrected chi connectivity index (χ0v) is 17.1. The SMILES string of the molecule is FC(F)(F)c1cc(Br)cc(Nc2nc(NC3CCCCC3)c3ccccc3n2)c1. The van der Waals surface area contributed by atoms with Crippen LogP contribution in [0, 0.1) is 0 Å². The van der Waals surface area contributed by atoms with Gasteiger partial charge in [0, 0.05) is 21.6 Å². The number of nitrogens with one attached hydrogen (secondary N) is 2. The van der Waals surface area contributed by atoms with E-state index in [0.29, 0.717) is 16.3 Å². The van der Waals surface area contributed by atoms with Crippen LogP contribution in [0.25, 0.3) is 10.9 Å². The molecule has 3 aromatic rings. The molecule has 2 aromatic carbocycles. The van der Waals surface area contributed by atoms with Gasteiger partial charge >= 0.3 is 6.18 Å². The van der Waals surface area contributed by atoms with Crippen molar-refractivity contribution in [3.63, 3.8) is 0 Å². The first-order valence-electron chi connectivity index (χ1n) is 9.56. The number of nitrogens with zero attached hydrogens (tertiary/aromatic N) is 2. The van der Waals surface area contributed by atoms with Gasteiger partial charge in [-0.15, -0.1) is 0 Å². The number of para-hydroxylation sites is 1. The molecule has 0 aliphatic heterocycles. The molecule has 152 valence electrons. The van der Waals surface area contributed by atoms with E-state index < -0.39 is 11.7 Å². The summed E-state index contributed by atoms with van der Waals surface area (Å²) in [4.78, 5) is 9.07. The lowest BCUT2D eigenvalue weighted by molar-refractivity contribution is -0.137. The zero-order chi connectivity index (χ0) is 20.4. The summed E-state index contributed by atoms with van der Waals surface area (Å²) in [6, 6.07) is 11.6. The fraction of sp³-hybridized carbons (Fsp3) is 0.333. The van der Waals surface area contributed by atoms with Crippen molar-refractivity contribution in [2.45, 2.75) is 44.3 Å². The molecule has 8 heteroatoms. The quantitative estimate of drug-likeness (QED) is 0.440. The Bertz CT molecular complexity index is 1020. The summed E-state index contributed by atoms with van der Waals surface area (Å²) >= 11 is 3.15. The Morgan fingerprint density at radius 3 is 2.48 bits per heavy atom. The minimum absolute atomic E-state index is 0.258. The smallest absolute Gasteiger partial charge is 0.367 e. The molecule has 0 spiro atoms. The summed E-state index contributed by atoms with van der Waals surface area (Å²) in [6.45, 7) is 0. The summed E-state index contributed by atoms with van der Waals surface area (Å²) in [6.07, 6.45) is 1.36. The summed E-state index contributed by atoms with van der Waals surface area (Å²) < 4.78 is 39.7. The summed E-state index contributed by atoms with van der Waals surface area (Å²) in [7, 11) is 0. The first kappa shape index (κ1) is 19.9. The lowest BCUT2D eigenvalue weighted by atomic mass is 9.95. The normalized spacial score (nSPS) is 15.4. The average molecular weight is 465 g/mol. The first-order chi connectivity index (χ1) is 13.9. The topological polar surface area (TPSA) is 49.8 Å². The fourth-order valence-corrected chi connectivity index (χ4v) is 4.13. The van der Waals surface area contributed by atoms with E-state index in [2.05, 4.69) is 36.5 Å². The summed E-state index contributed by atoms with van der Waals surface area (Å²) in [5, 5.41) is 7.35. The highest BCUT2D eigenvalue weighted by Gasteiger charge is 2.31. The van der Waals surface area contributed by atoms with Crippen LogP contribution in [0.3, 0.4) is 0 Å². The molecule has 0 unspecified atom stereocenters. The molecule has 1 aliphatic rings. The first-order valence-corrected chi connectivity index (χ1v) is 10.4. The fourth-order valence-electron chi connectivity index (χ4n) is 3.64. The number of hydrogen-bond acceptors (Lipinski definition) is 4. The van der Waals surface area contributed by atoms with E-state index in [4.69, 9.17) is 0 Å². The van der Waals surface area contributed by atoms with Crippen molar-refractivity contribution in [1.29, 1.82) is 0 Å². The molecule has 0 atom stereocenters. The standard InChI is InChI=1S/C21H20BrF3N4/c22-14-10-13(21(23,24)25)11-16(12-14)27-20-28-18-9-5-4-8-17(18)19(29-20)26-15-6-2-1-3-7-15/h4-5,8-12,15H,1-3,6-7H2,(H2,26,27,28,29). The highest BCUT2D eigenvalue weighted by Crippen LogP contribution is 2.34. The number of hydrogen-bond donors (Lipinski definition) is 2. The van der Waals surface area contributed by atoms with Gasteiger partial charge in [-0.25, -0.2) is 4.98 Å². The predicted molar refractivity (Wildman–Crippen MR) is 112 cm³/mol. The van der Waals surface area contributed by atoms with Crippen LogP contribution in [0.15, 0.2) is 46.9 Å². The minimum Gasteiger partial charge on any atom is -0.367 e. The van der Waals surface area contributed by atoms with Crippen LogP contribution in [-0.2, 0) is 6.18 Å². The van der Waals surface area contributed by atoms with Crippen LogP contribution in [0.1, 0.15) is 37.7 Å². The molecule has 1 heterocycles. The van der Waals surface area contributed by atoms with Crippen molar-refractivity contribution < 1.29 is 13.2 Å². The van der Waals surface area contributed by atoms with Gasteiger partial charge in [0.25, 0.3) is 0 Å². The molecule has 0 radical (unpaired) electrons. The number of fused-ring (bicyclic) bond motifs is 1. The van der Waals surface area contributed by atoms with Gasteiger partial charge < -0.3 is 10.6 Å². The zero-order valence-electron chi connectivity index (χ0n) is 15.6. The second-order valence-corrected chi connectivity index (χ2v) is 8.16. The van der Waals surface area contributed by atoms with Crippen molar-refractivity contribution in [2.75, 3.05) is 10.6 Å². The highest BCUT2D eigenvalue weighted by molar-refractivity contribution is 9.10. The molecule has 0 amide bonds. The number of benzene rings is 2. The molecule has 29 heavy (non-hydrogen) atoms. The van der Waals surface area contributed by atoms with E-state index >= 15 is 0 Å². The van der Waals surface area contributed by atoms with E-state index in [0.717, 1.165) is 35.9 Å². The number of rotatable bonds is 4. The van der Waals surface area contributed by atoms with Gasteiger partial charge in [-0.1, -0.05) is 47.3 Å². The van der Waals surface area contributed by atoms with E-state index in [1.165, 1.54) is 19.3 Å². The Hall–Kier alpha value is -2.35. The average Bonchev–Trinajstić information content (AvgIpc) is 2.68. The maximum atomic E-state index is 13.1. The van der Waals surface area contributed by atoms with E-state index in [9.17, 15) is 13.2 Å². The molecule has 4 rings (SSSR count). The van der Waals surface area contributed by atoms with E-state index in [1.807, 2.05) is 24.3 Å². The maximum Gasteiger partial charge on any atom is 0.416 e. The third kappa shape index (κ3) is 4.80. The molecular formula is C21H20BrF3N4. The molecule has 0 bridgehead atoms. The molecule has 1 fully saturated rings. The van der Waals surface area contributed by atoms with Crippen molar-refractivity contribution in [3.8, 4) is 0 Å². The largest absolute Gasteiger partial charge is 0.416 e. The monoisotopic (exact) mass is 464 g/mol. The van der Waals surface area contributed by atoms with Crippen molar-refractivity contribution in [1.82, 2.24) is 9.97 Å². The van der Waals surface area contributed by atoms with Crippen LogP contribution >= 0.6 is 15.9 Å². The second kappa shape index (κ2) is 8.18. The van der Waals surface area contributed by atoms with Crippen LogP contribution in [0.4, 0.5) is 30.6 Å². The van der Waals surface area contributed by atoms with Gasteiger partial charge in [0.15, 0.2) is 0 Å². The maximum absolute atomic E-state index is 13.1. The van der Waals surface area contributed by atoms with Gasteiger partial charge in [0.1, 0.15) is 5.82 Å². The van der Waals surface area contributed by atoms with Crippen molar-refractivity contribution in [3.05, 3.63) is 52.5 Å². The van der Waals surface area contributed by atoms with Crippen LogP contribution in [0.2, 0.25) is 0 Å². The number of alkyl halides is 3. The summed E-state index contributed by atoms with van der Waals surface area (Å²) in [5.74, 6) is 0.962. The van der Waals surface area contributed by atoms with Gasteiger partial charge in [0.2, 0.25) is 5.95 Å². The molecule has 2 N–H and O–H groups in total. The van der Waals surface area contributed by atoms with Crippen LogP contribution in [0.5, 0.6) is 0 Å². The molecule has 1 saturated carbocycles. The molecule has 1 aliphatic carbocycles. The second-order valence-electron chi connectivity index (χ2n) is 7.24. The van der Waals surface area contributed by atoms with Gasteiger partial charge in [0.05, 0.1) is 11.1 Å². The third-order valence-electron chi connectivity index (χ3n) is 5.03. The van der Waals surface area contributed by atoms with Crippen molar-refractivity contribution in [2.24, 2.45) is 0 Å². The van der Waals surface area contributed by atoms with Gasteiger partial charge in [-0.3, -0.25) is 0 Å². The minimum atomic E-state index is -4.43. The van der Waals surface area contributed by atoms with Crippen molar-refractivity contribution >= 4 is 44.3 Å². The molecular weight excluding hydrogens is 445 g/mol. The summed E-state index contributed by atoms with van der Waals surface area (Å²) in [5.41, 5.74) is 0.260. The predicted octanol–water partition coefficient (Wildman–Crippen LogP) is 6.90. The van der Waals surface area contributed by atoms with Gasteiger partial charge in [-0.05, 0) is 43.2 Å². The van der Waals surface area contributed by atoms with E-state index in [1.54, 1.807) is 6.07 Å². The lowest BCUT2D eigenvalue weighted by Gasteiger charge is -2.24.